The van der Waals surface area contributed by atoms with Gasteiger partial charge in [-0.05, 0) is 17.7 Å². The summed E-state index contributed by atoms with van der Waals surface area (Å²) in [5.41, 5.74) is 1.21. The SMILES string of the molecule is NNC(c1ccncc1F)c1ccccc1C(F)(F)F. The van der Waals surface area contributed by atoms with Gasteiger partial charge in [0.1, 0.15) is 5.82 Å². The Morgan fingerprint density at radius 1 is 1.10 bits per heavy atom. The fourth-order valence-corrected chi connectivity index (χ4v) is 1.97. The van der Waals surface area contributed by atoms with Gasteiger partial charge in [0.05, 0.1) is 17.8 Å². The van der Waals surface area contributed by atoms with E-state index in [0.29, 0.717) is 0 Å². The van der Waals surface area contributed by atoms with Gasteiger partial charge in [0.15, 0.2) is 0 Å². The van der Waals surface area contributed by atoms with E-state index in [1.54, 1.807) is 0 Å². The van der Waals surface area contributed by atoms with Gasteiger partial charge in [0.25, 0.3) is 0 Å². The number of hydrogen-bond donors (Lipinski definition) is 2. The van der Waals surface area contributed by atoms with Crippen LogP contribution in [0.15, 0.2) is 42.7 Å². The molecule has 1 aromatic heterocycles. The van der Waals surface area contributed by atoms with Gasteiger partial charge in [-0.15, -0.1) is 0 Å². The van der Waals surface area contributed by atoms with Gasteiger partial charge < -0.3 is 0 Å². The first kappa shape index (κ1) is 14.4. The Balaban J connectivity index is 2.57. The largest absolute Gasteiger partial charge is 0.416 e. The first-order valence-electron chi connectivity index (χ1n) is 5.67. The van der Waals surface area contributed by atoms with E-state index < -0.39 is 23.6 Å². The van der Waals surface area contributed by atoms with Crippen LogP contribution in [0.3, 0.4) is 0 Å². The Morgan fingerprint density at radius 2 is 1.80 bits per heavy atom. The number of benzene rings is 1. The van der Waals surface area contributed by atoms with Crippen molar-refractivity contribution in [2.75, 3.05) is 0 Å². The predicted octanol–water partition coefficient (Wildman–Crippen LogP) is 2.79. The van der Waals surface area contributed by atoms with Crippen molar-refractivity contribution in [2.45, 2.75) is 12.2 Å². The van der Waals surface area contributed by atoms with E-state index in [-0.39, 0.29) is 11.1 Å². The lowest BCUT2D eigenvalue weighted by molar-refractivity contribution is -0.138. The van der Waals surface area contributed by atoms with Crippen LogP contribution in [0.2, 0.25) is 0 Å². The summed E-state index contributed by atoms with van der Waals surface area (Å²) >= 11 is 0. The van der Waals surface area contributed by atoms with Crippen molar-refractivity contribution in [3.8, 4) is 0 Å². The number of aromatic nitrogens is 1. The number of rotatable bonds is 3. The minimum Gasteiger partial charge on any atom is -0.271 e. The smallest absolute Gasteiger partial charge is 0.271 e. The molecule has 2 rings (SSSR count). The molecule has 1 heterocycles. The van der Waals surface area contributed by atoms with E-state index in [0.717, 1.165) is 12.3 Å². The van der Waals surface area contributed by atoms with Crippen molar-refractivity contribution in [2.24, 2.45) is 5.84 Å². The zero-order valence-corrected chi connectivity index (χ0v) is 10.2. The molecule has 3 nitrogen and oxygen atoms in total. The van der Waals surface area contributed by atoms with Crippen LogP contribution in [-0.4, -0.2) is 4.98 Å². The van der Waals surface area contributed by atoms with E-state index >= 15 is 0 Å². The molecular formula is C13H11F4N3. The number of hydrazine groups is 1. The molecule has 0 amide bonds. The second kappa shape index (κ2) is 5.56. The number of nitrogens with two attached hydrogens (primary N) is 1. The molecule has 0 saturated heterocycles. The zero-order valence-electron chi connectivity index (χ0n) is 10.2. The molecule has 106 valence electrons. The van der Waals surface area contributed by atoms with E-state index in [1.807, 2.05) is 0 Å². The lowest BCUT2D eigenvalue weighted by Gasteiger charge is -2.21. The second-order valence-electron chi connectivity index (χ2n) is 4.08. The summed E-state index contributed by atoms with van der Waals surface area (Å²) in [6.07, 6.45) is -2.33. The predicted molar refractivity (Wildman–Crippen MR) is 64.8 cm³/mol. The summed E-state index contributed by atoms with van der Waals surface area (Å²) in [6, 6.07) is 5.06. The average molecular weight is 285 g/mol. The van der Waals surface area contributed by atoms with E-state index in [2.05, 4.69) is 10.4 Å². The van der Waals surface area contributed by atoms with Gasteiger partial charge in [-0.2, -0.15) is 13.2 Å². The van der Waals surface area contributed by atoms with Crippen LogP contribution in [0, 0.1) is 5.82 Å². The molecule has 0 radical (unpaired) electrons. The Labute approximate surface area is 112 Å². The van der Waals surface area contributed by atoms with Crippen LogP contribution in [0.25, 0.3) is 0 Å². The second-order valence-corrected chi connectivity index (χ2v) is 4.08. The highest BCUT2D eigenvalue weighted by Crippen LogP contribution is 2.36. The minimum atomic E-state index is -4.55. The molecule has 1 atom stereocenters. The van der Waals surface area contributed by atoms with Crippen molar-refractivity contribution in [3.05, 3.63) is 65.2 Å². The number of pyridine rings is 1. The summed E-state index contributed by atoms with van der Waals surface area (Å²) in [7, 11) is 0. The average Bonchev–Trinajstić information content (AvgIpc) is 2.41. The quantitative estimate of drug-likeness (QED) is 0.518. The highest BCUT2D eigenvalue weighted by molar-refractivity contribution is 5.38. The van der Waals surface area contributed by atoms with Crippen molar-refractivity contribution in [1.82, 2.24) is 10.4 Å². The first-order valence-corrected chi connectivity index (χ1v) is 5.67. The maximum absolute atomic E-state index is 13.7. The standard InChI is InChI=1S/C13H11F4N3/c14-11-7-19-6-5-9(11)12(20-18)8-3-1-2-4-10(8)13(15,16)17/h1-7,12,20H,18H2. The van der Waals surface area contributed by atoms with Gasteiger partial charge >= 0.3 is 6.18 Å². The molecule has 0 spiro atoms. The van der Waals surface area contributed by atoms with Crippen LogP contribution >= 0.6 is 0 Å². The van der Waals surface area contributed by atoms with E-state index in [9.17, 15) is 17.6 Å². The molecule has 1 aromatic carbocycles. The minimum absolute atomic E-state index is 0.000741. The number of halogens is 4. The maximum Gasteiger partial charge on any atom is 0.416 e. The van der Waals surface area contributed by atoms with Crippen LogP contribution in [-0.2, 0) is 6.18 Å². The fourth-order valence-electron chi connectivity index (χ4n) is 1.97. The zero-order chi connectivity index (χ0) is 14.8. The van der Waals surface area contributed by atoms with Crippen LogP contribution < -0.4 is 11.3 Å². The summed E-state index contributed by atoms with van der Waals surface area (Å²) in [5.74, 6) is 4.58. The molecule has 0 aliphatic heterocycles. The van der Waals surface area contributed by atoms with Crippen molar-refractivity contribution >= 4 is 0 Å². The number of nitrogens with zero attached hydrogens (tertiary/aromatic N) is 1. The van der Waals surface area contributed by atoms with Gasteiger partial charge in [0.2, 0.25) is 0 Å². The van der Waals surface area contributed by atoms with Crippen molar-refractivity contribution < 1.29 is 17.6 Å². The van der Waals surface area contributed by atoms with Gasteiger partial charge in [-0.3, -0.25) is 10.8 Å². The third kappa shape index (κ3) is 2.78. The summed E-state index contributed by atoms with van der Waals surface area (Å²) in [5, 5.41) is 0. The summed E-state index contributed by atoms with van der Waals surface area (Å²) in [4.78, 5) is 3.56. The fraction of sp³-hybridized carbons (Fsp3) is 0.154. The molecule has 0 saturated carbocycles. The Morgan fingerprint density at radius 3 is 2.40 bits per heavy atom. The summed E-state index contributed by atoms with van der Waals surface area (Å²) < 4.78 is 52.7. The lowest BCUT2D eigenvalue weighted by Crippen LogP contribution is -2.31. The van der Waals surface area contributed by atoms with Gasteiger partial charge in [-0.1, -0.05) is 18.2 Å². The Bertz CT molecular complexity index is 598. The molecule has 20 heavy (non-hydrogen) atoms. The van der Waals surface area contributed by atoms with E-state index in [4.69, 9.17) is 5.84 Å². The molecule has 1 unspecified atom stereocenters. The molecule has 3 N–H and O–H groups in total. The number of alkyl halides is 3. The van der Waals surface area contributed by atoms with Crippen LogP contribution in [0.4, 0.5) is 17.6 Å². The molecule has 0 bridgehead atoms. The molecular weight excluding hydrogens is 274 g/mol. The van der Waals surface area contributed by atoms with Crippen molar-refractivity contribution in [1.29, 1.82) is 0 Å². The maximum atomic E-state index is 13.7. The normalized spacial score (nSPS) is 13.2. The van der Waals surface area contributed by atoms with E-state index in [1.165, 1.54) is 30.5 Å². The Kier molecular flexibility index (Phi) is 4.01. The Hall–Kier alpha value is -1.99. The van der Waals surface area contributed by atoms with Gasteiger partial charge in [0, 0.05) is 11.8 Å². The number of hydrogen-bond acceptors (Lipinski definition) is 3. The third-order valence-corrected chi connectivity index (χ3v) is 2.86. The third-order valence-electron chi connectivity index (χ3n) is 2.86. The topological polar surface area (TPSA) is 50.9 Å². The van der Waals surface area contributed by atoms with Gasteiger partial charge in [-0.25, -0.2) is 9.82 Å². The highest BCUT2D eigenvalue weighted by Gasteiger charge is 2.35. The first-order chi connectivity index (χ1) is 9.45. The molecule has 0 fully saturated rings. The molecule has 0 aliphatic rings. The monoisotopic (exact) mass is 285 g/mol. The summed E-state index contributed by atoms with van der Waals surface area (Å²) in [6.45, 7) is 0. The molecule has 0 aliphatic carbocycles. The van der Waals surface area contributed by atoms with Crippen LogP contribution in [0.5, 0.6) is 0 Å². The number of nitrogens with one attached hydrogen (secondary N) is 1. The molecule has 7 heteroatoms. The highest BCUT2D eigenvalue weighted by atomic mass is 19.4. The lowest BCUT2D eigenvalue weighted by atomic mass is 9.95. The van der Waals surface area contributed by atoms with Crippen LogP contribution in [0.1, 0.15) is 22.7 Å². The van der Waals surface area contributed by atoms with Crippen molar-refractivity contribution in [3.63, 3.8) is 0 Å². The molecule has 2 aromatic rings.